The molecule has 4 heterocycles. The van der Waals surface area contributed by atoms with Crippen molar-refractivity contribution in [3.8, 4) is 34.5 Å². The number of unbranched alkanes of at least 4 members (excludes halogenated alkanes) is 1. The SMILES string of the molecule is CB(O)N1CC=C(c2cccc(N)c2)CC1.CC(C)C(=O)Nc1cccc(C2CCN(CCCCN3C(=O)c4ccccc4C3=O)CC2)c1.COc1ccc(O[C@H](CCCl)c2ccccc2)cc1OC.COc1ccc(O[C@H](CCN2CCC(c3ccc(NC(=O)C(C)C)cc3)CC2)c2ccccc2)cc1OC. The van der Waals surface area contributed by atoms with E-state index >= 15 is 0 Å². The molecule has 20 heteroatoms. The van der Waals surface area contributed by atoms with Crippen molar-refractivity contribution in [2.24, 2.45) is 11.8 Å². The number of halogens is 1. The van der Waals surface area contributed by atoms with Gasteiger partial charge in [-0.05, 0) is 209 Å². The second kappa shape index (κ2) is 42.2. The van der Waals surface area contributed by atoms with E-state index in [1.807, 2.05) is 148 Å². The summed E-state index contributed by atoms with van der Waals surface area (Å²) in [5, 5.41) is 15.4. The molecular weight excluding hydrogens is 1380 g/mol. The van der Waals surface area contributed by atoms with Crippen LogP contribution >= 0.6 is 11.6 Å². The minimum absolute atomic E-state index is 0.0232. The van der Waals surface area contributed by atoms with E-state index in [9.17, 15) is 24.2 Å². The van der Waals surface area contributed by atoms with Gasteiger partial charge in [-0.3, -0.25) is 24.1 Å². The van der Waals surface area contributed by atoms with E-state index in [-0.39, 0.29) is 54.7 Å². The van der Waals surface area contributed by atoms with E-state index in [2.05, 4.69) is 81.1 Å². The van der Waals surface area contributed by atoms with Gasteiger partial charge in [0.15, 0.2) is 23.0 Å². The number of likely N-dealkylation sites (tertiary alicyclic amines) is 2. The standard InChI is InChI=1S/C32H40N2O4.C27H33N3O3.C17H19ClO3.C12H17BN2O/c1-23(2)32(35)33-27-12-10-24(11-13-27)25-16-19-34(20-17-25)21-18-29(26-8-6-5-7-9-26)38-28-14-15-30(36-3)31(22-28)37-4;1-19(2)25(31)28-22-9-7-8-21(18-22)20-12-16-29(17-13-20)14-5-6-15-30-26(32)23-10-3-4-11-24(23)27(30)33;1-19-16-9-8-14(12-17(16)20-2)21-15(10-11-18)13-6-4-3-5-7-13;1-13(16)15-7-5-10(6-8-15)11-3-2-4-12(14)9-11/h5-15,22-23,25,29H,16-21H2,1-4H3,(H,33,35);3-4,7-11,18-20H,5-6,12-17H2,1-2H3,(H,28,31);3-9,12,15H,10-11H2,1-2H3;2-5,9,16H,6-8,14H2,1H3/t29-;;15-;/m1.1./s1. The number of methoxy groups -OCH3 is 4. The Hall–Kier alpha value is -9.63. The zero-order valence-electron chi connectivity index (χ0n) is 64.3. The molecule has 0 unspecified atom stereocenters. The molecule has 4 amide bonds. The summed E-state index contributed by atoms with van der Waals surface area (Å²) in [4.78, 5) is 57.3. The number of rotatable bonds is 28. The molecule has 12 rings (SSSR count). The Morgan fingerprint density at radius 3 is 1.51 bits per heavy atom. The van der Waals surface area contributed by atoms with Crippen LogP contribution in [0.15, 0.2) is 200 Å². The Balaban J connectivity index is 0.000000174. The molecule has 2 saturated heterocycles. The van der Waals surface area contributed by atoms with E-state index in [1.165, 1.54) is 32.7 Å². The average Bonchev–Trinajstić information content (AvgIpc) is 1.64. The van der Waals surface area contributed by atoms with Crippen LogP contribution in [-0.4, -0.2) is 148 Å². The van der Waals surface area contributed by atoms with Crippen LogP contribution in [0.1, 0.15) is 158 Å². The summed E-state index contributed by atoms with van der Waals surface area (Å²) >= 11 is 5.89. The maximum Gasteiger partial charge on any atom is 0.376 e. The summed E-state index contributed by atoms with van der Waals surface area (Å²) in [6.45, 7) is 17.8. The number of amides is 4. The van der Waals surface area contributed by atoms with E-state index in [1.54, 1.807) is 59.5 Å². The molecule has 18 nitrogen and oxygen atoms in total. The average molecular weight is 1490 g/mol. The van der Waals surface area contributed by atoms with Gasteiger partial charge in [-0.15, -0.1) is 11.6 Å². The van der Waals surface area contributed by atoms with Crippen LogP contribution in [0.3, 0.4) is 0 Å². The van der Waals surface area contributed by atoms with Gasteiger partial charge in [0.05, 0.1) is 39.6 Å². The number of benzene rings is 8. The van der Waals surface area contributed by atoms with Crippen LogP contribution < -0.4 is 44.8 Å². The number of carbonyl (C=O) groups excluding carboxylic acids is 4. The molecule has 2 fully saturated rings. The van der Waals surface area contributed by atoms with E-state index < -0.39 is 0 Å². The minimum Gasteiger partial charge on any atom is -0.493 e. The van der Waals surface area contributed by atoms with Gasteiger partial charge in [0.1, 0.15) is 23.7 Å². The summed E-state index contributed by atoms with van der Waals surface area (Å²) in [6.07, 6.45) is 10.9. The Kier molecular flexibility index (Phi) is 32.2. The van der Waals surface area contributed by atoms with Crippen LogP contribution in [0.25, 0.3) is 5.57 Å². The number of nitrogens with two attached hydrogens (primary N) is 1. The number of nitrogens with zero attached hydrogens (tertiary/aromatic N) is 4. The lowest BCUT2D eigenvalue weighted by Gasteiger charge is -2.33. The zero-order chi connectivity index (χ0) is 76.9. The maximum absolute atomic E-state index is 12.5. The van der Waals surface area contributed by atoms with E-state index in [0.717, 1.165) is 144 Å². The summed E-state index contributed by atoms with van der Waals surface area (Å²) < 4.78 is 33.9. The minimum atomic E-state index is -0.362. The van der Waals surface area contributed by atoms with Crippen LogP contribution in [0.4, 0.5) is 17.1 Å². The molecule has 4 aliphatic rings. The quantitative estimate of drug-likeness (QED) is 0.0118. The number of anilines is 3. The van der Waals surface area contributed by atoms with Crippen molar-refractivity contribution in [1.29, 1.82) is 0 Å². The van der Waals surface area contributed by atoms with E-state index in [0.29, 0.717) is 58.4 Å². The number of ether oxygens (including phenoxy) is 6. The molecule has 2 atom stereocenters. The number of hydrogen-bond acceptors (Lipinski definition) is 15. The maximum atomic E-state index is 12.5. The molecule has 0 saturated carbocycles. The van der Waals surface area contributed by atoms with Crippen LogP contribution in [0.2, 0.25) is 6.82 Å². The molecule has 4 aliphatic heterocycles. The lowest BCUT2D eigenvalue weighted by atomic mass is 9.82. The third-order valence-corrected chi connectivity index (χ3v) is 20.4. The van der Waals surface area contributed by atoms with Crippen molar-refractivity contribution in [3.05, 3.63) is 239 Å². The zero-order valence-corrected chi connectivity index (χ0v) is 65.1. The van der Waals surface area contributed by atoms with Gasteiger partial charge in [0.25, 0.3) is 11.8 Å². The molecule has 8 aromatic carbocycles. The van der Waals surface area contributed by atoms with Gasteiger partial charge >= 0.3 is 7.05 Å². The smallest absolute Gasteiger partial charge is 0.376 e. The number of imide groups is 1. The number of nitrogen functional groups attached to an aromatic ring is 1. The normalized spacial score (nSPS) is 15.3. The number of hydrogen-bond donors (Lipinski definition) is 4. The molecule has 572 valence electrons. The summed E-state index contributed by atoms with van der Waals surface area (Å²) in [6, 6.07) is 63.3. The number of piperidine rings is 2. The molecule has 0 aromatic heterocycles. The first-order chi connectivity index (χ1) is 52.3. The molecule has 8 aromatic rings. The Morgan fingerprint density at radius 2 is 1.02 bits per heavy atom. The third kappa shape index (κ3) is 24.2. The number of alkyl halides is 1. The fourth-order valence-electron chi connectivity index (χ4n) is 13.8. The van der Waals surface area contributed by atoms with Crippen molar-refractivity contribution in [2.75, 3.05) is 110 Å². The van der Waals surface area contributed by atoms with Crippen molar-refractivity contribution < 1.29 is 52.6 Å². The highest BCUT2D eigenvalue weighted by atomic mass is 35.5. The molecule has 0 spiro atoms. The highest BCUT2D eigenvalue weighted by Crippen LogP contribution is 2.38. The van der Waals surface area contributed by atoms with Crippen molar-refractivity contribution >= 4 is 64.9 Å². The molecule has 0 bridgehead atoms. The molecule has 0 aliphatic carbocycles. The van der Waals surface area contributed by atoms with Gasteiger partial charge in [0, 0.05) is 79.4 Å². The van der Waals surface area contributed by atoms with Crippen molar-refractivity contribution in [3.63, 3.8) is 0 Å². The number of carbonyl (C=O) groups is 4. The molecule has 108 heavy (non-hydrogen) atoms. The van der Waals surface area contributed by atoms with Gasteiger partial charge in [-0.1, -0.05) is 143 Å². The Morgan fingerprint density at radius 1 is 0.528 bits per heavy atom. The fourth-order valence-corrected chi connectivity index (χ4v) is 14.0. The monoisotopic (exact) mass is 1490 g/mol. The van der Waals surface area contributed by atoms with Crippen LogP contribution in [0, 0.1) is 11.8 Å². The summed E-state index contributed by atoms with van der Waals surface area (Å²) in [7, 11) is 6.13. The lowest BCUT2D eigenvalue weighted by Crippen LogP contribution is -2.39. The fraction of sp³-hybridized carbons (Fsp3) is 0.386. The predicted molar refractivity (Wildman–Crippen MR) is 435 cm³/mol. The first-order valence-corrected chi connectivity index (χ1v) is 38.5. The second-order valence-electron chi connectivity index (χ2n) is 28.3. The van der Waals surface area contributed by atoms with Crippen LogP contribution in [-0.2, 0) is 9.59 Å². The molecule has 0 radical (unpaired) electrons. The predicted octanol–water partition coefficient (Wildman–Crippen LogP) is 17.1. The molecular formula is C88H109BClN7O11. The van der Waals surface area contributed by atoms with Crippen molar-refractivity contribution in [1.82, 2.24) is 19.5 Å². The Labute approximate surface area is 645 Å². The first kappa shape index (κ1) is 82.4. The Bertz CT molecular complexity index is 4140. The highest BCUT2D eigenvalue weighted by molar-refractivity contribution is 6.45. The van der Waals surface area contributed by atoms with Crippen molar-refractivity contribution in [2.45, 2.75) is 116 Å². The topological polar surface area (TPSA) is 207 Å². The molecule has 5 N–H and O–H groups in total. The van der Waals surface area contributed by atoms with Gasteiger partial charge in [0.2, 0.25) is 11.8 Å². The number of fused-ring (bicyclic) bond motifs is 1. The first-order valence-electron chi connectivity index (χ1n) is 38.0. The summed E-state index contributed by atoms with van der Waals surface area (Å²) in [5.41, 5.74) is 16.8. The number of nitrogens with one attached hydrogen (secondary N) is 2. The van der Waals surface area contributed by atoms with Gasteiger partial charge in [-0.25, -0.2) is 0 Å². The van der Waals surface area contributed by atoms with Crippen LogP contribution in [0.5, 0.6) is 34.5 Å². The third-order valence-electron chi connectivity index (χ3n) is 20.2. The van der Waals surface area contributed by atoms with Gasteiger partial charge in [-0.2, -0.15) is 0 Å². The van der Waals surface area contributed by atoms with Gasteiger partial charge < -0.3 is 64.4 Å². The van der Waals surface area contributed by atoms with E-state index in [4.69, 9.17) is 45.8 Å². The summed E-state index contributed by atoms with van der Waals surface area (Å²) in [5.74, 6) is 5.48. The highest BCUT2D eigenvalue weighted by Gasteiger charge is 2.35. The second-order valence-corrected chi connectivity index (χ2v) is 28.7. The lowest BCUT2D eigenvalue weighted by molar-refractivity contribution is -0.119. The largest absolute Gasteiger partial charge is 0.493 e.